The summed E-state index contributed by atoms with van der Waals surface area (Å²) in [6.07, 6.45) is 3.47. The molecule has 7 heteroatoms. The van der Waals surface area contributed by atoms with E-state index in [4.69, 9.17) is 9.47 Å². The third-order valence-electron chi connectivity index (χ3n) is 4.35. The molecule has 4 aromatic rings. The van der Waals surface area contributed by atoms with Gasteiger partial charge in [0.1, 0.15) is 19.0 Å². The number of anilines is 4. The monoisotopic (exact) mass is 371 g/mol. The molecule has 2 N–H and O–H groups in total. The number of hydrogen-bond acceptors (Lipinski definition) is 7. The van der Waals surface area contributed by atoms with Crippen LogP contribution in [0.25, 0.3) is 10.9 Å². The minimum atomic E-state index is 0.487. The van der Waals surface area contributed by atoms with E-state index >= 15 is 0 Å². The fourth-order valence-corrected chi connectivity index (χ4v) is 3.08. The molecule has 0 spiro atoms. The maximum atomic E-state index is 5.63. The highest BCUT2D eigenvalue weighted by Crippen LogP contribution is 2.33. The van der Waals surface area contributed by atoms with Crippen molar-refractivity contribution in [2.45, 2.75) is 0 Å². The third kappa shape index (κ3) is 3.25. The van der Waals surface area contributed by atoms with Gasteiger partial charge in [-0.2, -0.15) is 4.98 Å². The molecule has 28 heavy (non-hydrogen) atoms. The van der Waals surface area contributed by atoms with Gasteiger partial charge < -0.3 is 20.1 Å². The number of fused-ring (bicyclic) bond motifs is 2. The number of para-hydroxylation sites is 1. The normalized spacial score (nSPS) is 12.6. The van der Waals surface area contributed by atoms with E-state index in [0.717, 1.165) is 33.8 Å². The first kappa shape index (κ1) is 16.3. The van der Waals surface area contributed by atoms with Crippen LogP contribution in [0, 0.1) is 0 Å². The number of nitrogens with zero attached hydrogens (tertiary/aromatic N) is 3. The summed E-state index contributed by atoms with van der Waals surface area (Å²) in [5, 5.41) is 7.58. The lowest BCUT2D eigenvalue weighted by atomic mass is 10.2. The second kappa shape index (κ2) is 7.03. The molecule has 0 fully saturated rings. The molecule has 2 aromatic carbocycles. The molecule has 0 saturated heterocycles. The Kier molecular flexibility index (Phi) is 4.10. The van der Waals surface area contributed by atoms with Gasteiger partial charge in [-0.25, -0.2) is 4.98 Å². The molecule has 5 rings (SSSR count). The van der Waals surface area contributed by atoms with Gasteiger partial charge in [0.15, 0.2) is 11.5 Å². The van der Waals surface area contributed by atoms with E-state index < -0.39 is 0 Å². The SMILES string of the molecule is c1cnc2c(Nc3nccc(Nc4ccc5c(c4)OCCO5)n3)cccc2c1. The van der Waals surface area contributed by atoms with Crippen molar-refractivity contribution in [3.8, 4) is 11.5 Å². The van der Waals surface area contributed by atoms with Crippen LogP contribution in [0.3, 0.4) is 0 Å². The molecule has 0 bridgehead atoms. The summed E-state index contributed by atoms with van der Waals surface area (Å²) in [6.45, 7) is 1.13. The van der Waals surface area contributed by atoms with Crippen molar-refractivity contribution in [2.24, 2.45) is 0 Å². The summed E-state index contributed by atoms with van der Waals surface area (Å²) >= 11 is 0. The standard InChI is InChI=1S/C21H17N5O2/c1-3-14-4-2-9-22-20(14)16(5-1)25-21-23-10-8-19(26-21)24-15-6-7-17-18(13-15)28-12-11-27-17/h1-10,13H,11-12H2,(H2,23,24,25,26). The van der Waals surface area contributed by atoms with Crippen LogP contribution in [0.5, 0.6) is 11.5 Å². The van der Waals surface area contributed by atoms with Gasteiger partial charge in [0, 0.05) is 29.5 Å². The Labute approximate surface area is 161 Å². The van der Waals surface area contributed by atoms with E-state index in [1.54, 1.807) is 12.4 Å². The molecule has 0 unspecified atom stereocenters. The van der Waals surface area contributed by atoms with Crippen LogP contribution in [0.1, 0.15) is 0 Å². The van der Waals surface area contributed by atoms with E-state index in [0.29, 0.717) is 25.0 Å². The smallest absolute Gasteiger partial charge is 0.229 e. The summed E-state index contributed by atoms with van der Waals surface area (Å²) in [4.78, 5) is 13.3. The molecule has 0 saturated carbocycles. The fourth-order valence-electron chi connectivity index (χ4n) is 3.08. The van der Waals surface area contributed by atoms with Gasteiger partial charge in [-0.1, -0.05) is 18.2 Å². The zero-order valence-corrected chi connectivity index (χ0v) is 14.9. The van der Waals surface area contributed by atoms with Gasteiger partial charge in [-0.3, -0.25) is 4.98 Å². The fraction of sp³-hybridized carbons (Fsp3) is 0.0952. The molecular formula is C21H17N5O2. The summed E-state index contributed by atoms with van der Waals surface area (Å²) in [7, 11) is 0. The number of ether oxygens (including phenoxy) is 2. The quantitative estimate of drug-likeness (QED) is 0.554. The molecule has 0 atom stereocenters. The van der Waals surface area contributed by atoms with Crippen molar-refractivity contribution < 1.29 is 9.47 Å². The molecule has 3 heterocycles. The maximum absolute atomic E-state index is 5.63. The zero-order valence-electron chi connectivity index (χ0n) is 14.9. The second-order valence-corrected chi connectivity index (χ2v) is 6.25. The Morgan fingerprint density at radius 1 is 0.786 bits per heavy atom. The van der Waals surface area contributed by atoms with Gasteiger partial charge in [0.2, 0.25) is 5.95 Å². The summed E-state index contributed by atoms with van der Waals surface area (Å²) < 4.78 is 11.2. The Morgan fingerprint density at radius 3 is 2.64 bits per heavy atom. The van der Waals surface area contributed by atoms with Gasteiger partial charge >= 0.3 is 0 Å². The van der Waals surface area contributed by atoms with E-state index in [1.165, 1.54) is 0 Å². The first-order chi connectivity index (χ1) is 13.8. The Morgan fingerprint density at radius 2 is 1.68 bits per heavy atom. The highest BCUT2D eigenvalue weighted by molar-refractivity contribution is 5.91. The highest BCUT2D eigenvalue weighted by Gasteiger charge is 2.12. The van der Waals surface area contributed by atoms with Crippen LogP contribution in [0.2, 0.25) is 0 Å². The van der Waals surface area contributed by atoms with Crippen LogP contribution < -0.4 is 20.1 Å². The number of benzene rings is 2. The topological polar surface area (TPSA) is 81.2 Å². The van der Waals surface area contributed by atoms with Crippen molar-refractivity contribution in [3.63, 3.8) is 0 Å². The maximum Gasteiger partial charge on any atom is 0.229 e. The zero-order chi connectivity index (χ0) is 18.8. The number of aromatic nitrogens is 3. The summed E-state index contributed by atoms with van der Waals surface area (Å²) in [5.74, 6) is 2.64. The van der Waals surface area contributed by atoms with E-state index in [-0.39, 0.29) is 0 Å². The first-order valence-electron chi connectivity index (χ1n) is 8.96. The molecule has 2 aromatic heterocycles. The Bertz CT molecular complexity index is 1140. The lowest BCUT2D eigenvalue weighted by Crippen LogP contribution is -2.15. The lowest BCUT2D eigenvalue weighted by Gasteiger charge is -2.19. The third-order valence-corrected chi connectivity index (χ3v) is 4.35. The minimum Gasteiger partial charge on any atom is -0.486 e. The Hall–Kier alpha value is -3.87. The van der Waals surface area contributed by atoms with Crippen molar-refractivity contribution in [1.29, 1.82) is 0 Å². The molecule has 7 nitrogen and oxygen atoms in total. The average Bonchev–Trinajstić information content (AvgIpc) is 2.74. The molecule has 0 radical (unpaired) electrons. The lowest BCUT2D eigenvalue weighted by molar-refractivity contribution is 0.171. The van der Waals surface area contributed by atoms with Crippen LogP contribution in [-0.2, 0) is 0 Å². The first-order valence-corrected chi connectivity index (χ1v) is 8.96. The molecular weight excluding hydrogens is 354 g/mol. The van der Waals surface area contributed by atoms with E-state index in [1.807, 2.05) is 54.6 Å². The van der Waals surface area contributed by atoms with Gasteiger partial charge in [0.25, 0.3) is 0 Å². The van der Waals surface area contributed by atoms with E-state index in [2.05, 4.69) is 25.6 Å². The van der Waals surface area contributed by atoms with Crippen LogP contribution >= 0.6 is 0 Å². The van der Waals surface area contributed by atoms with Crippen molar-refractivity contribution in [3.05, 3.63) is 67.0 Å². The Balaban J connectivity index is 1.39. The second-order valence-electron chi connectivity index (χ2n) is 6.25. The molecule has 1 aliphatic rings. The number of rotatable bonds is 4. The summed E-state index contributed by atoms with van der Waals surface area (Å²) in [6, 6.07) is 17.4. The molecule has 1 aliphatic heterocycles. The number of pyridine rings is 1. The van der Waals surface area contributed by atoms with Crippen LogP contribution in [0.4, 0.5) is 23.1 Å². The predicted molar refractivity (Wildman–Crippen MR) is 108 cm³/mol. The number of nitrogens with one attached hydrogen (secondary N) is 2. The van der Waals surface area contributed by atoms with Gasteiger partial charge in [-0.15, -0.1) is 0 Å². The van der Waals surface area contributed by atoms with Crippen LogP contribution in [0.15, 0.2) is 67.0 Å². The van der Waals surface area contributed by atoms with Crippen LogP contribution in [-0.4, -0.2) is 28.2 Å². The highest BCUT2D eigenvalue weighted by atomic mass is 16.6. The average molecular weight is 371 g/mol. The minimum absolute atomic E-state index is 0.487. The predicted octanol–water partition coefficient (Wildman–Crippen LogP) is 4.28. The largest absolute Gasteiger partial charge is 0.486 e. The molecule has 0 amide bonds. The summed E-state index contributed by atoms with van der Waals surface area (Å²) in [5.41, 5.74) is 2.59. The molecule has 138 valence electrons. The van der Waals surface area contributed by atoms with Crippen molar-refractivity contribution in [2.75, 3.05) is 23.8 Å². The van der Waals surface area contributed by atoms with Gasteiger partial charge in [-0.05, 0) is 30.3 Å². The number of hydrogen-bond donors (Lipinski definition) is 2. The van der Waals surface area contributed by atoms with Crippen molar-refractivity contribution in [1.82, 2.24) is 15.0 Å². The van der Waals surface area contributed by atoms with Gasteiger partial charge in [0.05, 0.1) is 11.2 Å². The molecule has 0 aliphatic carbocycles. The van der Waals surface area contributed by atoms with Crippen molar-refractivity contribution >= 4 is 34.0 Å². The van der Waals surface area contributed by atoms with E-state index in [9.17, 15) is 0 Å².